The molecule has 0 bridgehead atoms. The van der Waals surface area contributed by atoms with Gasteiger partial charge in [0.05, 0.1) is 6.04 Å². The topological polar surface area (TPSA) is 29.9 Å². The minimum atomic E-state index is -4.46. The third-order valence-corrected chi connectivity index (χ3v) is 3.63. The lowest BCUT2D eigenvalue weighted by Gasteiger charge is -2.25. The molecule has 0 saturated carbocycles. The molecule has 1 aliphatic heterocycles. The van der Waals surface area contributed by atoms with Crippen molar-refractivity contribution in [2.75, 3.05) is 5.32 Å². The van der Waals surface area contributed by atoms with Crippen molar-refractivity contribution in [3.8, 4) is 0 Å². The molecule has 0 saturated heterocycles. The highest BCUT2D eigenvalue weighted by atomic mass is 19.4. The monoisotopic (exact) mass is 299 g/mol. The molecule has 0 spiro atoms. The SMILES string of the molecule is Cc1ccc(C2CCn3cc(C(F)(F)F)nc3N2)cc1F. The lowest BCUT2D eigenvalue weighted by atomic mass is 10.0. The molecule has 3 rings (SSSR count). The summed E-state index contributed by atoms with van der Waals surface area (Å²) in [4.78, 5) is 3.57. The van der Waals surface area contributed by atoms with Gasteiger partial charge in [-0.2, -0.15) is 13.2 Å². The Labute approximate surface area is 118 Å². The molecular weight excluding hydrogens is 286 g/mol. The molecule has 0 aliphatic carbocycles. The van der Waals surface area contributed by atoms with Gasteiger partial charge in [-0.3, -0.25) is 0 Å². The van der Waals surface area contributed by atoms with Gasteiger partial charge in [0.25, 0.3) is 0 Å². The van der Waals surface area contributed by atoms with Crippen LogP contribution >= 0.6 is 0 Å². The van der Waals surface area contributed by atoms with E-state index in [0.29, 0.717) is 24.1 Å². The largest absolute Gasteiger partial charge is 0.434 e. The summed E-state index contributed by atoms with van der Waals surface area (Å²) in [5.74, 6) is -0.154. The summed E-state index contributed by atoms with van der Waals surface area (Å²) in [5, 5.41) is 2.94. The van der Waals surface area contributed by atoms with Crippen LogP contribution < -0.4 is 5.32 Å². The summed E-state index contributed by atoms with van der Waals surface area (Å²) in [6.45, 7) is 2.07. The number of aromatic nitrogens is 2. The van der Waals surface area contributed by atoms with Crippen molar-refractivity contribution in [2.45, 2.75) is 32.1 Å². The molecule has 3 nitrogen and oxygen atoms in total. The fraction of sp³-hybridized carbons (Fsp3) is 0.357. The number of hydrogen-bond acceptors (Lipinski definition) is 2. The molecule has 0 amide bonds. The van der Waals surface area contributed by atoms with Crippen LogP contribution in [0.5, 0.6) is 0 Å². The molecule has 1 aromatic heterocycles. The van der Waals surface area contributed by atoms with Crippen LogP contribution in [0, 0.1) is 12.7 Å². The standard InChI is InChI=1S/C14H13F4N3/c1-8-2-3-9(6-10(8)15)11-4-5-21-7-12(14(16,17)18)20-13(21)19-11/h2-3,6-7,11H,4-5H2,1H3,(H,19,20). The summed E-state index contributed by atoms with van der Waals surface area (Å²) >= 11 is 0. The van der Waals surface area contributed by atoms with Crippen molar-refractivity contribution in [3.05, 3.63) is 47.0 Å². The first-order valence-electron chi connectivity index (χ1n) is 6.51. The third kappa shape index (κ3) is 2.59. The predicted molar refractivity (Wildman–Crippen MR) is 69.3 cm³/mol. The van der Waals surface area contributed by atoms with Crippen molar-refractivity contribution in [3.63, 3.8) is 0 Å². The molecule has 7 heteroatoms. The van der Waals surface area contributed by atoms with Crippen molar-refractivity contribution < 1.29 is 17.6 Å². The lowest BCUT2D eigenvalue weighted by molar-refractivity contribution is -0.140. The van der Waals surface area contributed by atoms with Crippen molar-refractivity contribution in [1.29, 1.82) is 0 Å². The Balaban J connectivity index is 1.87. The van der Waals surface area contributed by atoms with Crippen LogP contribution in [-0.4, -0.2) is 9.55 Å². The van der Waals surface area contributed by atoms with E-state index in [1.165, 1.54) is 10.6 Å². The summed E-state index contributed by atoms with van der Waals surface area (Å²) < 4.78 is 52.9. The molecule has 21 heavy (non-hydrogen) atoms. The fourth-order valence-electron chi connectivity index (χ4n) is 2.41. The Bertz CT molecular complexity index is 675. The van der Waals surface area contributed by atoms with E-state index in [2.05, 4.69) is 10.3 Å². The molecule has 1 unspecified atom stereocenters. The van der Waals surface area contributed by atoms with E-state index in [0.717, 1.165) is 6.20 Å². The maximum absolute atomic E-state index is 13.6. The smallest absolute Gasteiger partial charge is 0.349 e. The molecule has 1 aliphatic rings. The van der Waals surface area contributed by atoms with Gasteiger partial charge in [-0.05, 0) is 30.5 Å². The zero-order valence-corrected chi connectivity index (χ0v) is 11.2. The first kappa shape index (κ1) is 13.9. The van der Waals surface area contributed by atoms with Gasteiger partial charge in [0, 0.05) is 12.7 Å². The number of hydrogen-bond donors (Lipinski definition) is 1. The van der Waals surface area contributed by atoms with Crippen LogP contribution in [0.1, 0.15) is 29.3 Å². The number of alkyl halides is 3. The van der Waals surface area contributed by atoms with E-state index >= 15 is 0 Å². The second kappa shape index (κ2) is 4.75. The van der Waals surface area contributed by atoms with E-state index in [1.807, 2.05) is 0 Å². The van der Waals surface area contributed by atoms with Gasteiger partial charge in [-0.25, -0.2) is 9.37 Å². The van der Waals surface area contributed by atoms with E-state index in [1.54, 1.807) is 19.1 Å². The summed E-state index contributed by atoms with van der Waals surface area (Å²) in [6, 6.07) is 4.61. The quantitative estimate of drug-likeness (QED) is 0.809. The highest BCUT2D eigenvalue weighted by molar-refractivity contribution is 5.38. The van der Waals surface area contributed by atoms with E-state index < -0.39 is 11.9 Å². The normalized spacial score (nSPS) is 18.2. The Morgan fingerprint density at radius 2 is 2.10 bits per heavy atom. The maximum Gasteiger partial charge on any atom is 0.434 e. The lowest BCUT2D eigenvalue weighted by Crippen LogP contribution is -2.22. The molecule has 1 atom stereocenters. The summed E-state index contributed by atoms with van der Waals surface area (Å²) in [6.07, 6.45) is -2.89. The molecule has 2 aromatic rings. The van der Waals surface area contributed by atoms with Crippen LogP contribution in [0.3, 0.4) is 0 Å². The zero-order valence-electron chi connectivity index (χ0n) is 11.2. The minimum absolute atomic E-state index is 0.166. The molecule has 0 fully saturated rings. The third-order valence-electron chi connectivity index (χ3n) is 3.63. The maximum atomic E-state index is 13.6. The van der Waals surface area contributed by atoms with Crippen LogP contribution in [-0.2, 0) is 12.7 Å². The van der Waals surface area contributed by atoms with E-state index in [9.17, 15) is 17.6 Å². The Morgan fingerprint density at radius 1 is 1.33 bits per heavy atom. The Morgan fingerprint density at radius 3 is 2.76 bits per heavy atom. The van der Waals surface area contributed by atoms with Gasteiger partial charge < -0.3 is 9.88 Å². The Kier molecular flexibility index (Phi) is 3.15. The van der Waals surface area contributed by atoms with Crippen molar-refractivity contribution in [1.82, 2.24) is 9.55 Å². The van der Waals surface area contributed by atoms with Crippen LogP contribution in [0.2, 0.25) is 0 Å². The highest BCUT2D eigenvalue weighted by Gasteiger charge is 2.36. The number of anilines is 1. The number of imidazole rings is 1. The number of nitrogens with one attached hydrogen (secondary N) is 1. The second-order valence-corrected chi connectivity index (χ2v) is 5.14. The molecule has 0 radical (unpaired) electrons. The number of benzene rings is 1. The molecule has 112 valence electrons. The van der Waals surface area contributed by atoms with Crippen LogP contribution in [0.4, 0.5) is 23.5 Å². The average Bonchev–Trinajstić information content (AvgIpc) is 2.85. The van der Waals surface area contributed by atoms with Gasteiger partial charge in [0.15, 0.2) is 5.69 Å². The molecule has 1 N–H and O–H groups in total. The Hall–Kier alpha value is -2.05. The van der Waals surface area contributed by atoms with Gasteiger partial charge in [0.2, 0.25) is 5.95 Å². The van der Waals surface area contributed by atoms with Crippen molar-refractivity contribution >= 4 is 5.95 Å². The number of fused-ring (bicyclic) bond motifs is 1. The first-order valence-corrected chi connectivity index (χ1v) is 6.51. The first-order chi connectivity index (χ1) is 9.84. The highest BCUT2D eigenvalue weighted by Crippen LogP contribution is 2.34. The predicted octanol–water partition coefficient (Wildman–Crippen LogP) is 3.91. The number of aryl methyl sites for hydroxylation is 2. The van der Waals surface area contributed by atoms with Crippen molar-refractivity contribution in [2.24, 2.45) is 0 Å². The van der Waals surface area contributed by atoms with Crippen LogP contribution in [0.25, 0.3) is 0 Å². The van der Waals surface area contributed by atoms with Gasteiger partial charge in [-0.15, -0.1) is 0 Å². The van der Waals surface area contributed by atoms with Gasteiger partial charge in [-0.1, -0.05) is 12.1 Å². The molecule has 2 heterocycles. The zero-order chi connectivity index (χ0) is 15.2. The summed E-state index contributed by atoms with van der Waals surface area (Å²) in [7, 11) is 0. The van der Waals surface area contributed by atoms with Crippen LogP contribution in [0.15, 0.2) is 24.4 Å². The number of rotatable bonds is 1. The van der Waals surface area contributed by atoms with E-state index in [4.69, 9.17) is 0 Å². The van der Waals surface area contributed by atoms with E-state index in [-0.39, 0.29) is 17.8 Å². The number of nitrogens with zero attached hydrogens (tertiary/aromatic N) is 2. The second-order valence-electron chi connectivity index (χ2n) is 5.14. The average molecular weight is 299 g/mol. The van der Waals surface area contributed by atoms with Gasteiger partial charge in [0.1, 0.15) is 5.82 Å². The number of halogens is 4. The minimum Gasteiger partial charge on any atom is -0.349 e. The van der Waals surface area contributed by atoms with Gasteiger partial charge >= 0.3 is 6.18 Å². The summed E-state index contributed by atoms with van der Waals surface area (Å²) in [5.41, 5.74) is 0.331. The molecule has 1 aromatic carbocycles. The molecular formula is C14H13F4N3. The fourth-order valence-corrected chi connectivity index (χ4v) is 2.41.